The van der Waals surface area contributed by atoms with Crippen molar-refractivity contribution in [2.45, 2.75) is 97.9 Å². The Morgan fingerprint density at radius 1 is 0.883 bits per heavy atom. The minimum absolute atomic E-state index is 0. The zero-order valence-corrected chi connectivity index (χ0v) is 41.1. The van der Waals surface area contributed by atoms with Gasteiger partial charge >= 0.3 is 71.1 Å². The van der Waals surface area contributed by atoms with E-state index in [1.165, 1.54) is 0 Å². The Morgan fingerprint density at radius 2 is 1.47 bits per heavy atom. The van der Waals surface area contributed by atoms with Gasteiger partial charge in [-0.05, 0) is 66.7 Å². The van der Waals surface area contributed by atoms with Crippen molar-refractivity contribution in [2.75, 3.05) is 26.3 Å². The van der Waals surface area contributed by atoms with E-state index in [2.05, 4.69) is 20.5 Å². The van der Waals surface area contributed by atoms with Crippen LogP contribution in [0.3, 0.4) is 0 Å². The van der Waals surface area contributed by atoms with Gasteiger partial charge in [-0.2, -0.15) is 0 Å². The van der Waals surface area contributed by atoms with Crippen LogP contribution in [0.25, 0.3) is 0 Å². The molecule has 0 saturated carbocycles. The molecule has 0 bridgehead atoms. The summed E-state index contributed by atoms with van der Waals surface area (Å²) < 4.78 is 28.0. The maximum absolute atomic E-state index is 14.3. The Hall–Kier alpha value is -2.75. The molecular weight excluding hydrogens is 809 g/mol. The van der Waals surface area contributed by atoms with E-state index < -0.39 is 56.0 Å². The van der Waals surface area contributed by atoms with Gasteiger partial charge in [-0.1, -0.05) is 107 Å². The number of nitrogens with zero attached hydrogens (tertiary/aromatic N) is 1. The molecule has 3 N–H and O–H groups in total. The number of hydrogen-bond acceptors (Lipinski definition) is 10. The maximum atomic E-state index is 14.3. The van der Waals surface area contributed by atoms with Crippen LogP contribution in [0.2, 0.25) is 0 Å². The van der Waals surface area contributed by atoms with Gasteiger partial charge in [-0.15, -0.1) is 0 Å². The third kappa shape index (κ3) is 17.9. The van der Waals surface area contributed by atoms with E-state index >= 15 is 0 Å². The number of benzene rings is 3. The topological polar surface area (TPSA) is 198 Å². The van der Waals surface area contributed by atoms with Gasteiger partial charge in [0, 0.05) is 25.6 Å². The molecule has 0 radical (unpaired) electrons. The molecule has 14 nitrogen and oxygen atoms in total. The molecule has 4 rings (SSSR count). The fraction of sp³-hybridized carbons (Fsp3) is 0.488. The molecule has 4 amide bonds. The number of phosphoric ester groups is 1. The van der Waals surface area contributed by atoms with Gasteiger partial charge in [0.2, 0.25) is 5.91 Å². The number of ether oxygens (including phenoxy) is 2. The van der Waals surface area contributed by atoms with E-state index in [0.717, 1.165) is 22.3 Å². The first-order valence-corrected chi connectivity index (χ1v) is 21.1. The van der Waals surface area contributed by atoms with Crippen molar-refractivity contribution in [3.63, 3.8) is 0 Å². The number of esters is 1. The Balaban J connectivity index is 0.00000620. The SMILES string of the molecule is Cc1cccc(C)c1OCC(=O)N[C@@H](Cc1ccccc1)[C@H](C[C@@H](Cc1ccccc1)NC(=O)[C@H](C(C)C)N1CCCNC1=O)OC(=O)CC(C)(C)COP(=O)([O-])[O-].[Na+].[Na+]. The molecule has 1 fully saturated rings. The molecule has 0 spiro atoms. The summed E-state index contributed by atoms with van der Waals surface area (Å²) in [6.07, 6.45) is -0.119. The van der Waals surface area contributed by atoms with Gasteiger partial charge in [0.15, 0.2) is 6.61 Å². The van der Waals surface area contributed by atoms with E-state index in [1.807, 2.05) is 107 Å². The van der Waals surface area contributed by atoms with Crippen molar-refractivity contribution in [2.24, 2.45) is 11.3 Å². The zero-order valence-electron chi connectivity index (χ0n) is 36.2. The molecule has 3 aromatic carbocycles. The van der Waals surface area contributed by atoms with Gasteiger partial charge in [-0.25, -0.2) is 4.79 Å². The number of urea groups is 1. The molecular formula is C43H57N4Na2O10P. The average molecular weight is 867 g/mol. The summed E-state index contributed by atoms with van der Waals surface area (Å²) in [5.41, 5.74) is 2.32. The quantitative estimate of drug-likeness (QED) is 0.0621. The van der Waals surface area contributed by atoms with Gasteiger partial charge in [0.25, 0.3) is 5.91 Å². The second-order valence-electron chi connectivity index (χ2n) is 16.1. The van der Waals surface area contributed by atoms with Gasteiger partial charge in [-0.3, -0.25) is 14.4 Å². The molecule has 0 unspecified atom stereocenters. The Bertz CT molecular complexity index is 1860. The van der Waals surface area contributed by atoms with Crippen molar-refractivity contribution in [3.05, 3.63) is 101 Å². The number of amides is 4. The molecule has 0 aromatic heterocycles. The predicted octanol–water partition coefficient (Wildman–Crippen LogP) is -1.85. The van der Waals surface area contributed by atoms with Crippen molar-refractivity contribution < 1.29 is 107 Å². The van der Waals surface area contributed by atoms with E-state index in [1.54, 1.807) is 18.7 Å². The number of rotatable bonds is 21. The van der Waals surface area contributed by atoms with Crippen molar-refractivity contribution >= 4 is 31.6 Å². The zero-order chi connectivity index (χ0) is 42.5. The molecule has 4 atom stereocenters. The predicted molar refractivity (Wildman–Crippen MR) is 215 cm³/mol. The number of hydrogen-bond donors (Lipinski definition) is 3. The van der Waals surface area contributed by atoms with Gasteiger partial charge in [0.05, 0.1) is 26.9 Å². The molecule has 1 heterocycles. The van der Waals surface area contributed by atoms with Crippen molar-refractivity contribution in [3.8, 4) is 5.75 Å². The minimum atomic E-state index is -5.32. The second kappa shape index (κ2) is 25.4. The Labute approximate surface area is 398 Å². The first-order valence-electron chi connectivity index (χ1n) is 19.7. The van der Waals surface area contributed by atoms with Gasteiger partial charge < -0.3 is 49.2 Å². The standard InChI is InChI=1S/C43H59N4O10P.2Na/c1-29(2)39(47-22-14-21-44-42(47)51)41(50)45-34(23-32-17-9-7-10-18-32)25-36(57-38(49)26-43(5,6)28-56-58(52,53)54)35(24-33-19-11-8-12-20-33)46-37(48)27-55-40-30(3)15-13-16-31(40)4;;/h7-13,15-20,29,34-36,39H,14,21-28H2,1-6H3,(H,44,51)(H,45,50)(H,46,48)(H2,52,53,54);;/q;2*+1/p-2/t34-,35+,36+,39+;;/m1../s1. The van der Waals surface area contributed by atoms with Crippen LogP contribution in [0.1, 0.15) is 69.2 Å². The summed E-state index contributed by atoms with van der Waals surface area (Å²) in [6.45, 7) is 10.7. The van der Waals surface area contributed by atoms with E-state index in [0.29, 0.717) is 31.7 Å². The van der Waals surface area contributed by atoms with Crippen LogP contribution in [0.4, 0.5) is 4.79 Å². The van der Waals surface area contributed by atoms with Gasteiger partial charge in [0.1, 0.15) is 17.9 Å². The third-order valence-corrected chi connectivity index (χ3v) is 10.4. The van der Waals surface area contributed by atoms with E-state index in [-0.39, 0.29) is 103 Å². The van der Waals surface area contributed by atoms with Crippen LogP contribution in [0.15, 0.2) is 78.9 Å². The van der Waals surface area contributed by atoms with Crippen molar-refractivity contribution in [1.29, 1.82) is 0 Å². The molecule has 60 heavy (non-hydrogen) atoms. The van der Waals surface area contributed by atoms with Crippen LogP contribution in [0.5, 0.6) is 5.75 Å². The molecule has 17 heteroatoms. The Kier molecular flexibility index (Phi) is 22.6. The van der Waals surface area contributed by atoms with Crippen LogP contribution in [0, 0.1) is 25.2 Å². The van der Waals surface area contributed by atoms with E-state index in [9.17, 15) is 33.5 Å². The fourth-order valence-electron chi connectivity index (χ4n) is 7.13. The number of para-hydroxylation sites is 1. The number of nitrogens with one attached hydrogen (secondary N) is 3. The summed E-state index contributed by atoms with van der Waals surface area (Å²) in [4.78, 5) is 78.9. The fourth-order valence-corrected chi connectivity index (χ4v) is 7.64. The summed E-state index contributed by atoms with van der Waals surface area (Å²) in [5.74, 6) is -1.24. The number of carbonyl (C=O) groups excluding carboxylic acids is 4. The molecule has 316 valence electrons. The second-order valence-corrected chi connectivity index (χ2v) is 17.2. The largest absolute Gasteiger partial charge is 1.00 e. The monoisotopic (exact) mass is 866 g/mol. The first kappa shape index (κ1) is 53.4. The number of aryl methyl sites for hydroxylation is 2. The molecule has 1 aliphatic heterocycles. The van der Waals surface area contributed by atoms with Crippen LogP contribution >= 0.6 is 7.82 Å². The molecule has 1 saturated heterocycles. The third-order valence-electron chi connectivity index (χ3n) is 9.91. The smallest absolute Gasteiger partial charge is 0.790 e. The number of phosphoric acid groups is 1. The molecule has 1 aliphatic rings. The van der Waals surface area contributed by atoms with Crippen molar-refractivity contribution in [1.82, 2.24) is 20.9 Å². The van der Waals surface area contributed by atoms with E-state index in [4.69, 9.17) is 9.47 Å². The minimum Gasteiger partial charge on any atom is -0.790 e. The molecule has 0 aliphatic carbocycles. The summed E-state index contributed by atoms with van der Waals surface area (Å²) in [6, 6.07) is 21.9. The van der Waals surface area contributed by atoms with Crippen LogP contribution < -0.4 is 89.6 Å². The summed E-state index contributed by atoms with van der Waals surface area (Å²) in [5, 5.41) is 9.05. The summed E-state index contributed by atoms with van der Waals surface area (Å²) >= 11 is 0. The number of carbonyl (C=O) groups is 4. The van der Waals surface area contributed by atoms with Crippen LogP contribution in [-0.2, 0) is 41.1 Å². The normalized spacial score (nSPS) is 14.9. The Morgan fingerprint density at radius 3 is 2.02 bits per heavy atom. The first-order chi connectivity index (χ1) is 27.4. The average Bonchev–Trinajstić information content (AvgIpc) is 3.14. The summed E-state index contributed by atoms with van der Waals surface area (Å²) in [7, 11) is -5.32. The maximum Gasteiger partial charge on any atom is 1.00 e. The van der Waals surface area contributed by atoms with Crippen LogP contribution in [-0.4, -0.2) is 79.2 Å². The molecule has 3 aromatic rings.